The largest absolute Gasteiger partial charge is 0.484 e. The molecule has 0 bridgehead atoms. The van der Waals surface area contributed by atoms with Crippen LogP contribution in [-0.2, 0) is 4.79 Å². The van der Waals surface area contributed by atoms with Gasteiger partial charge in [-0.3, -0.25) is 9.59 Å². The highest BCUT2D eigenvalue weighted by Gasteiger charge is 2.15. The van der Waals surface area contributed by atoms with Crippen molar-refractivity contribution in [3.8, 4) is 17.1 Å². The van der Waals surface area contributed by atoms with Crippen LogP contribution in [0.5, 0.6) is 5.75 Å². The first-order chi connectivity index (χ1) is 14.4. The predicted octanol–water partition coefficient (Wildman–Crippen LogP) is 2.42. The van der Waals surface area contributed by atoms with Gasteiger partial charge in [0, 0.05) is 18.7 Å². The molecule has 2 amide bonds. The Morgan fingerprint density at radius 2 is 1.77 bits per heavy atom. The SMILES string of the molecule is Cc1ccc(OCC(=O)NCCNC(=O)c2nc(-c3ccc(F)cc3)no2)cc1C. The fourth-order valence-corrected chi connectivity index (χ4v) is 2.49. The third kappa shape index (κ3) is 5.63. The molecule has 3 aromatic rings. The number of aromatic nitrogens is 2. The highest BCUT2D eigenvalue weighted by molar-refractivity contribution is 5.89. The number of halogens is 1. The summed E-state index contributed by atoms with van der Waals surface area (Å²) in [7, 11) is 0. The van der Waals surface area contributed by atoms with Gasteiger partial charge >= 0.3 is 11.8 Å². The lowest BCUT2D eigenvalue weighted by atomic mass is 10.1. The first-order valence-corrected chi connectivity index (χ1v) is 9.27. The molecule has 0 unspecified atom stereocenters. The van der Waals surface area contributed by atoms with Crippen LogP contribution in [0, 0.1) is 19.7 Å². The summed E-state index contributed by atoms with van der Waals surface area (Å²) < 4.78 is 23.3. The van der Waals surface area contributed by atoms with Crippen molar-refractivity contribution in [2.75, 3.05) is 19.7 Å². The summed E-state index contributed by atoms with van der Waals surface area (Å²) in [5.41, 5.74) is 2.75. The first kappa shape index (κ1) is 21.0. The Balaban J connectivity index is 1.38. The second-order valence-electron chi connectivity index (χ2n) is 6.57. The quantitative estimate of drug-likeness (QED) is 0.551. The molecule has 156 valence electrons. The lowest BCUT2D eigenvalue weighted by Crippen LogP contribution is -2.36. The van der Waals surface area contributed by atoms with E-state index in [0.29, 0.717) is 11.3 Å². The maximum Gasteiger partial charge on any atom is 0.316 e. The molecule has 1 heterocycles. The molecule has 0 aliphatic rings. The van der Waals surface area contributed by atoms with Gasteiger partial charge in [-0.15, -0.1) is 0 Å². The van der Waals surface area contributed by atoms with Crippen molar-refractivity contribution in [2.24, 2.45) is 0 Å². The van der Waals surface area contributed by atoms with Crippen LogP contribution in [0.25, 0.3) is 11.4 Å². The topological polar surface area (TPSA) is 106 Å². The van der Waals surface area contributed by atoms with E-state index < -0.39 is 5.91 Å². The zero-order valence-electron chi connectivity index (χ0n) is 16.6. The molecule has 30 heavy (non-hydrogen) atoms. The van der Waals surface area contributed by atoms with Crippen LogP contribution >= 0.6 is 0 Å². The minimum absolute atomic E-state index is 0.124. The number of ether oxygens (including phenoxy) is 1. The number of benzene rings is 2. The molecule has 0 aliphatic heterocycles. The van der Waals surface area contributed by atoms with Crippen LogP contribution in [0.1, 0.15) is 21.8 Å². The summed E-state index contributed by atoms with van der Waals surface area (Å²) in [5, 5.41) is 8.91. The molecule has 8 nitrogen and oxygen atoms in total. The van der Waals surface area contributed by atoms with E-state index in [4.69, 9.17) is 9.26 Å². The molecular formula is C21H21FN4O4. The maximum atomic E-state index is 13.0. The second-order valence-corrected chi connectivity index (χ2v) is 6.57. The summed E-state index contributed by atoms with van der Waals surface area (Å²) in [6.45, 7) is 4.22. The van der Waals surface area contributed by atoms with E-state index in [2.05, 4.69) is 20.8 Å². The van der Waals surface area contributed by atoms with Crippen molar-refractivity contribution >= 4 is 11.8 Å². The molecule has 0 spiro atoms. The van der Waals surface area contributed by atoms with Crippen LogP contribution in [-0.4, -0.2) is 41.7 Å². The van der Waals surface area contributed by atoms with Crippen molar-refractivity contribution in [3.05, 3.63) is 65.3 Å². The van der Waals surface area contributed by atoms with E-state index in [-0.39, 0.29) is 43.1 Å². The number of carbonyl (C=O) groups is 2. The van der Waals surface area contributed by atoms with Gasteiger partial charge in [-0.2, -0.15) is 4.98 Å². The Morgan fingerprint density at radius 3 is 2.50 bits per heavy atom. The van der Waals surface area contributed by atoms with Crippen molar-refractivity contribution in [1.82, 2.24) is 20.8 Å². The van der Waals surface area contributed by atoms with Gasteiger partial charge in [0.15, 0.2) is 6.61 Å². The molecule has 0 aliphatic carbocycles. The number of aryl methyl sites for hydroxylation is 2. The van der Waals surface area contributed by atoms with Crippen LogP contribution in [0.3, 0.4) is 0 Å². The highest BCUT2D eigenvalue weighted by Crippen LogP contribution is 2.17. The summed E-state index contributed by atoms with van der Waals surface area (Å²) in [4.78, 5) is 27.9. The van der Waals surface area contributed by atoms with Crippen molar-refractivity contribution in [2.45, 2.75) is 13.8 Å². The summed E-state index contributed by atoms with van der Waals surface area (Å²) in [6, 6.07) is 11.1. The average molecular weight is 412 g/mol. The Bertz CT molecular complexity index is 1030. The number of hydrogen-bond acceptors (Lipinski definition) is 6. The highest BCUT2D eigenvalue weighted by atomic mass is 19.1. The molecule has 9 heteroatoms. The lowest BCUT2D eigenvalue weighted by Gasteiger charge is -2.09. The Hall–Kier alpha value is -3.75. The number of nitrogens with zero attached hydrogens (tertiary/aromatic N) is 2. The molecule has 0 saturated carbocycles. The molecule has 2 aromatic carbocycles. The minimum Gasteiger partial charge on any atom is -0.484 e. The average Bonchev–Trinajstić information content (AvgIpc) is 3.23. The molecule has 0 fully saturated rings. The summed E-state index contributed by atoms with van der Waals surface area (Å²) in [6.07, 6.45) is 0. The third-order valence-electron chi connectivity index (χ3n) is 4.30. The van der Waals surface area contributed by atoms with Gasteiger partial charge in [0.1, 0.15) is 11.6 Å². The van der Waals surface area contributed by atoms with Gasteiger partial charge in [-0.25, -0.2) is 4.39 Å². The number of amides is 2. The molecule has 0 saturated heterocycles. The summed E-state index contributed by atoms with van der Waals surface area (Å²) >= 11 is 0. The maximum absolute atomic E-state index is 13.0. The zero-order chi connectivity index (χ0) is 21.5. The van der Waals surface area contributed by atoms with E-state index in [1.165, 1.54) is 24.3 Å². The molecule has 2 N–H and O–H groups in total. The predicted molar refractivity (Wildman–Crippen MR) is 106 cm³/mol. The normalized spacial score (nSPS) is 10.5. The molecular weight excluding hydrogens is 391 g/mol. The molecule has 0 atom stereocenters. The van der Waals surface area contributed by atoms with E-state index in [0.717, 1.165) is 11.1 Å². The Kier molecular flexibility index (Phi) is 6.74. The van der Waals surface area contributed by atoms with E-state index in [9.17, 15) is 14.0 Å². The van der Waals surface area contributed by atoms with Gasteiger partial charge in [0.25, 0.3) is 5.91 Å². The third-order valence-corrected chi connectivity index (χ3v) is 4.30. The minimum atomic E-state index is -0.573. The van der Waals surface area contributed by atoms with Crippen LogP contribution < -0.4 is 15.4 Å². The van der Waals surface area contributed by atoms with Gasteiger partial charge in [0.2, 0.25) is 5.82 Å². The lowest BCUT2D eigenvalue weighted by molar-refractivity contribution is -0.123. The van der Waals surface area contributed by atoms with Crippen LogP contribution in [0.2, 0.25) is 0 Å². The van der Waals surface area contributed by atoms with Gasteiger partial charge in [-0.05, 0) is 61.4 Å². The Morgan fingerprint density at radius 1 is 1.03 bits per heavy atom. The van der Waals surface area contributed by atoms with E-state index in [1.807, 2.05) is 26.0 Å². The second kappa shape index (κ2) is 9.64. The zero-order valence-corrected chi connectivity index (χ0v) is 16.6. The van der Waals surface area contributed by atoms with Crippen molar-refractivity contribution in [1.29, 1.82) is 0 Å². The fraction of sp³-hybridized carbons (Fsp3) is 0.238. The standard InChI is InChI=1S/C21H21FN4O4/c1-13-3-8-17(11-14(13)2)29-12-18(27)23-9-10-24-20(28)21-25-19(26-30-21)15-4-6-16(22)7-5-15/h3-8,11H,9-10,12H2,1-2H3,(H,23,27)(H,24,28). The fourth-order valence-electron chi connectivity index (χ4n) is 2.49. The van der Waals surface area contributed by atoms with Crippen LogP contribution in [0.4, 0.5) is 4.39 Å². The van der Waals surface area contributed by atoms with Crippen LogP contribution in [0.15, 0.2) is 47.0 Å². The number of carbonyl (C=O) groups excluding carboxylic acids is 2. The number of hydrogen-bond donors (Lipinski definition) is 2. The molecule has 1 aromatic heterocycles. The monoisotopic (exact) mass is 412 g/mol. The smallest absolute Gasteiger partial charge is 0.316 e. The van der Waals surface area contributed by atoms with E-state index in [1.54, 1.807) is 6.07 Å². The van der Waals surface area contributed by atoms with Crippen molar-refractivity contribution in [3.63, 3.8) is 0 Å². The van der Waals surface area contributed by atoms with Gasteiger partial charge in [0.05, 0.1) is 0 Å². The summed E-state index contributed by atoms with van der Waals surface area (Å²) in [5.74, 6) is -0.692. The number of nitrogens with one attached hydrogen (secondary N) is 2. The van der Waals surface area contributed by atoms with Gasteiger partial charge in [-0.1, -0.05) is 11.2 Å². The molecule has 0 radical (unpaired) electrons. The molecule has 3 rings (SSSR count). The van der Waals surface area contributed by atoms with Gasteiger partial charge < -0.3 is 19.9 Å². The number of rotatable bonds is 8. The first-order valence-electron chi connectivity index (χ1n) is 9.27. The Labute approximate surface area is 172 Å². The van der Waals surface area contributed by atoms with Crippen molar-refractivity contribution < 1.29 is 23.2 Å². The van der Waals surface area contributed by atoms with E-state index >= 15 is 0 Å².